The highest BCUT2D eigenvalue weighted by atomic mass is 16.1. The van der Waals surface area contributed by atoms with Gasteiger partial charge in [-0.05, 0) is 56.6 Å². The number of hydrogen-bond donors (Lipinski definition) is 3. The molecule has 8 nitrogen and oxygen atoms in total. The van der Waals surface area contributed by atoms with Gasteiger partial charge in [0.2, 0.25) is 12.4 Å². The smallest absolute Gasteiger partial charge is 0.219 e. The molecule has 2 aromatic heterocycles. The van der Waals surface area contributed by atoms with Crippen molar-refractivity contribution in [1.29, 1.82) is 0 Å². The predicted octanol–water partition coefficient (Wildman–Crippen LogP) is 3.69. The second-order valence-corrected chi connectivity index (χ2v) is 8.59. The average molecular weight is 486 g/mol. The van der Waals surface area contributed by atoms with E-state index in [-0.39, 0.29) is 12.0 Å². The van der Waals surface area contributed by atoms with Crippen LogP contribution in [0, 0.1) is 0 Å². The normalized spacial score (nSPS) is 13.5. The standard InChI is InChI=1S/C28H35N7O/c1-21(30-2)12-13-26(24-16-33-28(29)34-17-24)27(31-3)11-7-10-23-14-25(18-32-15-23)35(20-36)19-22-8-5-4-6-9-22/h4-10,13-18,20-21,27,30-31H,11-12,19H2,1-3H3,(H2,29,33,34)/b10-7+,26-13?. The van der Waals surface area contributed by atoms with Gasteiger partial charge in [0, 0.05) is 36.2 Å². The van der Waals surface area contributed by atoms with E-state index < -0.39 is 0 Å². The third kappa shape index (κ3) is 7.83. The van der Waals surface area contributed by atoms with E-state index in [2.05, 4.69) is 44.7 Å². The van der Waals surface area contributed by atoms with Gasteiger partial charge in [0.05, 0.1) is 18.4 Å². The number of pyridine rings is 1. The van der Waals surface area contributed by atoms with E-state index >= 15 is 0 Å². The number of rotatable bonds is 13. The number of nitrogens with two attached hydrogens (primary N) is 1. The van der Waals surface area contributed by atoms with Crippen LogP contribution >= 0.6 is 0 Å². The number of carbonyl (C=O) groups is 1. The summed E-state index contributed by atoms with van der Waals surface area (Å²) in [7, 11) is 3.90. The number of nitrogens with one attached hydrogen (secondary N) is 2. The zero-order valence-corrected chi connectivity index (χ0v) is 21.1. The molecule has 4 N–H and O–H groups in total. The van der Waals surface area contributed by atoms with E-state index in [1.807, 2.05) is 56.6 Å². The van der Waals surface area contributed by atoms with E-state index in [0.29, 0.717) is 12.6 Å². The first-order valence-corrected chi connectivity index (χ1v) is 12.0. The molecule has 2 heterocycles. The minimum atomic E-state index is 0.0539. The molecule has 3 rings (SSSR count). The highest BCUT2D eigenvalue weighted by Crippen LogP contribution is 2.22. The number of carbonyl (C=O) groups excluding carboxylic acids is 1. The fourth-order valence-electron chi connectivity index (χ4n) is 3.77. The summed E-state index contributed by atoms with van der Waals surface area (Å²) >= 11 is 0. The molecule has 8 heteroatoms. The number of benzene rings is 1. The number of nitrogens with zero attached hydrogens (tertiary/aromatic N) is 4. The van der Waals surface area contributed by atoms with Gasteiger partial charge in [-0.2, -0.15) is 0 Å². The van der Waals surface area contributed by atoms with Crippen LogP contribution in [0.2, 0.25) is 0 Å². The lowest BCUT2D eigenvalue weighted by atomic mass is 9.96. The lowest BCUT2D eigenvalue weighted by Crippen LogP contribution is -2.27. The quantitative estimate of drug-likeness (QED) is 0.317. The van der Waals surface area contributed by atoms with Crippen LogP contribution < -0.4 is 21.3 Å². The fraction of sp³-hybridized carbons (Fsp3) is 0.286. The maximum atomic E-state index is 11.8. The maximum Gasteiger partial charge on any atom is 0.219 e. The van der Waals surface area contributed by atoms with Crippen molar-refractivity contribution in [3.63, 3.8) is 0 Å². The highest BCUT2D eigenvalue weighted by Gasteiger charge is 2.15. The topological polar surface area (TPSA) is 109 Å². The number of hydrogen-bond acceptors (Lipinski definition) is 7. The lowest BCUT2D eigenvalue weighted by Gasteiger charge is -2.20. The van der Waals surface area contributed by atoms with E-state index in [0.717, 1.165) is 47.2 Å². The second-order valence-electron chi connectivity index (χ2n) is 8.59. The van der Waals surface area contributed by atoms with Gasteiger partial charge < -0.3 is 21.3 Å². The first kappa shape index (κ1) is 26.7. The van der Waals surface area contributed by atoms with Crippen molar-refractivity contribution in [2.75, 3.05) is 24.7 Å². The molecule has 0 radical (unpaired) electrons. The summed E-state index contributed by atoms with van der Waals surface area (Å²) in [6.07, 6.45) is 15.8. The van der Waals surface area contributed by atoms with E-state index in [9.17, 15) is 4.79 Å². The third-order valence-corrected chi connectivity index (χ3v) is 5.99. The number of amides is 1. The minimum Gasteiger partial charge on any atom is -0.368 e. The van der Waals surface area contributed by atoms with Gasteiger partial charge in [-0.25, -0.2) is 9.97 Å². The summed E-state index contributed by atoms with van der Waals surface area (Å²) in [5, 5.41) is 6.68. The zero-order valence-electron chi connectivity index (χ0n) is 21.1. The number of likely N-dealkylation sites (N-methyl/N-ethyl adjacent to an activating group) is 1. The Morgan fingerprint density at radius 3 is 2.47 bits per heavy atom. The summed E-state index contributed by atoms with van der Waals surface area (Å²) < 4.78 is 0. The number of anilines is 2. The van der Waals surface area contributed by atoms with Crippen LogP contribution in [-0.2, 0) is 11.3 Å². The molecule has 0 aliphatic heterocycles. The number of aromatic nitrogens is 3. The molecule has 36 heavy (non-hydrogen) atoms. The van der Waals surface area contributed by atoms with Gasteiger partial charge in [-0.15, -0.1) is 0 Å². The van der Waals surface area contributed by atoms with E-state index in [4.69, 9.17) is 5.73 Å². The van der Waals surface area contributed by atoms with Crippen molar-refractivity contribution in [2.24, 2.45) is 0 Å². The van der Waals surface area contributed by atoms with E-state index in [1.165, 1.54) is 0 Å². The van der Waals surface area contributed by atoms with Crippen molar-refractivity contribution in [3.8, 4) is 0 Å². The maximum absolute atomic E-state index is 11.8. The molecular weight excluding hydrogens is 450 g/mol. The zero-order chi connectivity index (χ0) is 25.8. The Balaban J connectivity index is 1.75. The van der Waals surface area contributed by atoms with Gasteiger partial charge in [0.1, 0.15) is 0 Å². The molecule has 0 bridgehead atoms. The van der Waals surface area contributed by atoms with E-state index in [1.54, 1.807) is 29.7 Å². The highest BCUT2D eigenvalue weighted by molar-refractivity contribution is 5.76. The Kier molecular flexibility index (Phi) is 10.3. The lowest BCUT2D eigenvalue weighted by molar-refractivity contribution is -0.107. The van der Waals surface area contributed by atoms with Crippen LogP contribution in [0.4, 0.5) is 11.6 Å². The van der Waals surface area contributed by atoms with Gasteiger partial charge in [0.15, 0.2) is 0 Å². The molecule has 0 aliphatic rings. The molecule has 0 saturated carbocycles. The van der Waals surface area contributed by atoms with Crippen LogP contribution in [0.15, 0.2) is 73.3 Å². The third-order valence-electron chi connectivity index (χ3n) is 5.99. The van der Waals surface area contributed by atoms with Crippen LogP contribution in [0.1, 0.15) is 36.5 Å². The van der Waals surface area contributed by atoms with Crippen molar-refractivity contribution in [1.82, 2.24) is 25.6 Å². The SMILES string of the molecule is CNC(C)CC=C(c1cnc(N)nc1)C(C/C=C/c1cncc(N(C=O)Cc2ccccc2)c1)NC. The molecule has 0 fully saturated rings. The Labute approximate surface area is 213 Å². The Bertz CT molecular complexity index is 1150. The molecule has 2 unspecified atom stereocenters. The van der Waals surface area contributed by atoms with Crippen LogP contribution in [0.5, 0.6) is 0 Å². The summed E-state index contributed by atoms with van der Waals surface area (Å²) in [6.45, 7) is 2.63. The molecule has 3 aromatic rings. The average Bonchev–Trinajstić information content (AvgIpc) is 2.92. The minimum absolute atomic E-state index is 0.0539. The first-order chi connectivity index (χ1) is 17.5. The molecule has 0 aliphatic carbocycles. The molecule has 1 aromatic carbocycles. The monoisotopic (exact) mass is 485 g/mol. The number of nitrogen functional groups attached to an aromatic ring is 1. The van der Waals surface area contributed by atoms with Gasteiger partial charge >= 0.3 is 0 Å². The second kappa shape index (κ2) is 13.9. The summed E-state index contributed by atoms with van der Waals surface area (Å²) in [5.74, 6) is 0.256. The van der Waals surface area contributed by atoms with Gasteiger partial charge in [-0.3, -0.25) is 9.78 Å². The Hall–Kier alpha value is -3.88. The van der Waals surface area contributed by atoms with Crippen LogP contribution in [0.25, 0.3) is 11.6 Å². The molecule has 2 atom stereocenters. The van der Waals surface area contributed by atoms with Crippen LogP contribution in [0.3, 0.4) is 0 Å². The molecule has 1 amide bonds. The Morgan fingerprint density at radius 1 is 1.06 bits per heavy atom. The molecule has 188 valence electrons. The molecule has 0 saturated heterocycles. The molecular formula is C28H35N7O. The summed E-state index contributed by atoms with van der Waals surface area (Å²) in [5.41, 5.74) is 10.5. The summed E-state index contributed by atoms with van der Waals surface area (Å²) in [6, 6.07) is 12.3. The van der Waals surface area contributed by atoms with Gasteiger partial charge in [-0.1, -0.05) is 48.6 Å². The van der Waals surface area contributed by atoms with Crippen LogP contribution in [-0.4, -0.2) is 47.5 Å². The van der Waals surface area contributed by atoms with Crippen molar-refractivity contribution in [3.05, 3.63) is 90.0 Å². The van der Waals surface area contributed by atoms with Crippen molar-refractivity contribution < 1.29 is 4.79 Å². The van der Waals surface area contributed by atoms with Crippen molar-refractivity contribution >= 4 is 29.7 Å². The summed E-state index contributed by atoms with van der Waals surface area (Å²) in [4.78, 5) is 26.1. The molecule has 0 spiro atoms. The Morgan fingerprint density at radius 2 is 1.81 bits per heavy atom. The van der Waals surface area contributed by atoms with Crippen molar-refractivity contribution in [2.45, 2.75) is 38.4 Å². The predicted molar refractivity (Wildman–Crippen MR) is 147 cm³/mol. The fourth-order valence-corrected chi connectivity index (χ4v) is 3.77. The largest absolute Gasteiger partial charge is 0.368 e. The first-order valence-electron chi connectivity index (χ1n) is 12.0. The van der Waals surface area contributed by atoms with Gasteiger partial charge in [0.25, 0.3) is 0 Å².